The number of aliphatic carboxylic acids is 1. The third-order valence-corrected chi connectivity index (χ3v) is 4.84. The van der Waals surface area contributed by atoms with Gasteiger partial charge in [-0.15, -0.1) is 11.3 Å². The van der Waals surface area contributed by atoms with Crippen LogP contribution < -0.4 is 5.56 Å². The van der Waals surface area contributed by atoms with E-state index in [1.807, 2.05) is 17.5 Å². The van der Waals surface area contributed by atoms with Crippen molar-refractivity contribution in [2.75, 3.05) is 0 Å². The molecule has 0 aliphatic carbocycles. The summed E-state index contributed by atoms with van der Waals surface area (Å²) in [6.45, 7) is 3.11. The third-order valence-electron chi connectivity index (χ3n) is 3.72. The summed E-state index contributed by atoms with van der Waals surface area (Å²) in [6, 6.07) is 6.18. The summed E-state index contributed by atoms with van der Waals surface area (Å²) in [5.74, 6) is -0.679. The summed E-state index contributed by atoms with van der Waals surface area (Å²) in [7, 11) is 0. The Morgan fingerprint density at radius 3 is 2.61 bits per heavy atom. The number of halogens is 1. The van der Waals surface area contributed by atoms with Crippen molar-refractivity contribution in [3.05, 3.63) is 50.8 Å². The molecule has 7 heteroatoms. The zero-order valence-electron chi connectivity index (χ0n) is 12.4. The van der Waals surface area contributed by atoms with Crippen LogP contribution >= 0.6 is 22.9 Å². The molecule has 3 aromatic rings. The maximum atomic E-state index is 12.9. The third kappa shape index (κ3) is 2.64. The molecule has 1 atom stereocenters. The van der Waals surface area contributed by atoms with Crippen LogP contribution in [0.1, 0.15) is 18.8 Å². The minimum absolute atomic E-state index is 0.339. The average molecular weight is 349 g/mol. The first-order valence-electron chi connectivity index (χ1n) is 6.89. The van der Waals surface area contributed by atoms with E-state index in [0.29, 0.717) is 21.1 Å². The molecule has 1 N–H and O–H groups in total. The van der Waals surface area contributed by atoms with Crippen LogP contribution in [0.4, 0.5) is 0 Å². The molecular weight excluding hydrogens is 336 g/mol. The van der Waals surface area contributed by atoms with Crippen LogP contribution in [0.15, 0.2) is 34.4 Å². The van der Waals surface area contributed by atoms with Crippen LogP contribution in [0.3, 0.4) is 0 Å². The van der Waals surface area contributed by atoms with Gasteiger partial charge in [0.25, 0.3) is 5.56 Å². The minimum Gasteiger partial charge on any atom is -0.480 e. The quantitative estimate of drug-likeness (QED) is 0.782. The Bertz CT molecular complexity index is 960. The van der Waals surface area contributed by atoms with Crippen LogP contribution in [0.5, 0.6) is 0 Å². The highest BCUT2D eigenvalue weighted by atomic mass is 35.5. The molecule has 0 spiro atoms. The Hall–Kier alpha value is -2.18. The van der Waals surface area contributed by atoms with Crippen LogP contribution in [0.25, 0.3) is 21.3 Å². The van der Waals surface area contributed by atoms with Gasteiger partial charge in [-0.1, -0.05) is 23.7 Å². The van der Waals surface area contributed by atoms with Gasteiger partial charge in [-0.25, -0.2) is 9.78 Å². The van der Waals surface area contributed by atoms with Crippen molar-refractivity contribution in [2.45, 2.75) is 19.9 Å². The maximum Gasteiger partial charge on any atom is 0.326 e. The topological polar surface area (TPSA) is 72.2 Å². The molecule has 118 valence electrons. The van der Waals surface area contributed by atoms with Crippen LogP contribution in [0, 0.1) is 6.92 Å². The number of carboxylic acids is 1. The van der Waals surface area contributed by atoms with Crippen molar-refractivity contribution in [3.63, 3.8) is 0 Å². The van der Waals surface area contributed by atoms with Gasteiger partial charge in [-0.3, -0.25) is 9.36 Å². The molecule has 0 aliphatic heterocycles. The number of aromatic nitrogens is 2. The predicted octanol–water partition coefficient (Wildman–Crippen LogP) is 3.73. The summed E-state index contributed by atoms with van der Waals surface area (Å²) >= 11 is 7.27. The highest BCUT2D eigenvalue weighted by molar-refractivity contribution is 7.17. The molecule has 0 fully saturated rings. The molecule has 0 amide bonds. The summed E-state index contributed by atoms with van der Waals surface area (Å²) in [4.78, 5) is 29.1. The number of carboxylic acid groups (broad SMARTS) is 1. The molecule has 1 aromatic carbocycles. The Balaban J connectivity index is 2.31. The molecule has 1 unspecified atom stereocenters. The van der Waals surface area contributed by atoms with E-state index in [0.717, 1.165) is 11.1 Å². The van der Waals surface area contributed by atoms with E-state index in [1.165, 1.54) is 22.8 Å². The lowest BCUT2D eigenvalue weighted by atomic mass is 10.1. The molecule has 0 saturated carbocycles. The summed E-state index contributed by atoms with van der Waals surface area (Å²) in [6.07, 6.45) is 0. The van der Waals surface area contributed by atoms with E-state index < -0.39 is 12.0 Å². The van der Waals surface area contributed by atoms with Gasteiger partial charge in [0.1, 0.15) is 16.7 Å². The zero-order chi connectivity index (χ0) is 16.7. The second-order valence-corrected chi connectivity index (χ2v) is 6.48. The first kappa shape index (κ1) is 15.7. The van der Waals surface area contributed by atoms with E-state index in [4.69, 9.17) is 11.6 Å². The van der Waals surface area contributed by atoms with Crippen LogP contribution in [0.2, 0.25) is 5.02 Å². The number of thiophene rings is 1. The van der Waals surface area contributed by atoms with Gasteiger partial charge < -0.3 is 5.11 Å². The molecule has 5 nitrogen and oxygen atoms in total. The SMILES string of the molecule is Cc1nc2scc(-c3ccc(Cl)cc3)c2c(=O)n1C(C)C(=O)O. The highest BCUT2D eigenvalue weighted by Gasteiger charge is 2.21. The van der Waals surface area contributed by atoms with Crippen molar-refractivity contribution in [1.82, 2.24) is 9.55 Å². The average Bonchev–Trinajstić information content (AvgIpc) is 2.91. The lowest BCUT2D eigenvalue weighted by Gasteiger charge is -2.13. The maximum absolute atomic E-state index is 12.9. The van der Waals surface area contributed by atoms with Gasteiger partial charge in [0.15, 0.2) is 0 Å². The molecular formula is C16H13ClN2O3S. The number of fused-ring (bicyclic) bond motifs is 1. The fourth-order valence-electron chi connectivity index (χ4n) is 2.51. The smallest absolute Gasteiger partial charge is 0.326 e. The van der Waals surface area contributed by atoms with E-state index in [2.05, 4.69) is 4.98 Å². The zero-order valence-corrected chi connectivity index (χ0v) is 14.0. The number of carbonyl (C=O) groups is 1. The van der Waals surface area contributed by atoms with Crippen LogP contribution in [-0.2, 0) is 4.79 Å². The summed E-state index contributed by atoms with van der Waals surface area (Å²) in [5, 5.41) is 12.1. The van der Waals surface area contributed by atoms with Crippen LogP contribution in [-0.4, -0.2) is 20.6 Å². The van der Waals surface area contributed by atoms with Gasteiger partial charge in [0, 0.05) is 16.0 Å². The molecule has 0 bridgehead atoms. The highest BCUT2D eigenvalue weighted by Crippen LogP contribution is 2.32. The number of hydrogen-bond donors (Lipinski definition) is 1. The molecule has 0 radical (unpaired) electrons. The molecule has 0 aliphatic rings. The Morgan fingerprint density at radius 2 is 2.00 bits per heavy atom. The normalized spacial score (nSPS) is 12.5. The van der Waals surface area contributed by atoms with E-state index in [9.17, 15) is 14.7 Å². The van der Waals surface area contributed by atoms with Crippen molar-refractivity contribution in [2.24, 2.45) is 0 Å². The monoisotopic (exact) mass is 348 g/mol. The fourth-order valence-corrected chi connectivity index (χ4v) is 3.62. The number of hydrogen-bond acceptors (Lipinski definition) is 4. The Morgan fingerprint density at radius 1 is 1.35 bits per heavy atom. The van der Waals surface area contributed by atoms with E-state index in [1.54, 1.807) is 19.1 Å². The number of benzene rings is 1. The van der Waals surface area contributed by atoms with E-state index in [-0.39, 0.29) is 5.56 Å². The molecule has 3 rings (SSSR count). The van der Waals surface area contributed by atoms with Crippen molar-refractivity contribution in [3.8, 4) is 11.1 Å². The number of aryl methyl sites for hydroxylation is 1. The fraction of sp³-hybridized carbons (Fsp3) is 0.188. The predicted molar refractivity (Wildman–Crippen MR) is 91.4 cm³/mol. The first-order chi connectivity index (χ1) is 10.9. The van der Waals surface area contributed by atoms with E-state index >= 15 is 0 Å². The Kier molecular flexibility index (Phi) is 3.95. The largest absolute Gasteiger partial charge is 0.480 e. The standard InChI is InChI=1S/C16H13ClN2O3S/c1-8(16(21)22)19-9(2)18-14-13(15(19)20)12(7-23-14)10-3-5-11(17)6-4-10/h3-8H,1-2H3,(H,21,22). The lowest BCUT2D eigenvalue weighted by Crippen LogP contribution is -2.30. The summed E-state index contributed by atoms with van der Waals surface area (Å²) < 4.78 is 1.22. The van der Waals surface area contributed by atoms with Crippen molar-refractivity contribution in [1.29, 1.82) is 0 Å². The lowest BCUT2D eigenvalue weighted by molar-refractivity contribution is -0.140. The molecule has 23 heavy (non-hydrogen) atoms. The molecule has 2 heterocycles. The minimum atomic E-state index is -1.07. The molecule has 2 aromatic heterocycles. The van der Waals surface area contributed by atoms with Gasteiger partial charge in [-0.05, 0) is 31.5 Å². The molecule has 0 saturated heterocycles. The van der Waals surface area contributed by atoms with Crippen molar-refractivity contribution >= 4 is 39.1 Å². The van der Waals surface area contributed by atoms with Gasteiger partial charge in [0.2, 0.25) is 0 Å². The second-order valence-electron chi connectivity index (χ2n) is 5.18. The number of nitrogens with zero attached hydrogens (tertiary/aromatic N) is 2. The Labute approximate surface area is 140 Å². The van der Waals surface area contributed by atoms with Gasteiger partial charge in [-0.2, -0.15) is 0 Å². The van der Waals surface area contributed by atoms with Gasteiger partial charge >= 0.3 is 5.97 Å². The second kappa shape index (κ2) is 5.79. The summed E-state index contributed by atoms with van der Waals surface area (Å²) in [5.41, 5.74) is 1.25. The van der Waals surface area contributed by atoms with Crippen molar-refractivity contribution < 1.29 is 9.90 Å². The van der Waals surface area contributed by atoms with Gasteiger partial charge in [0.05, 0.1) is 5.39 Å². The first-order valence-corrected chi connectivity index (χ1v) is 8.15. The number of rotatable bonds is 3.